The van der Waals surface area contributed by atoms with Crippen molar-refractivity contribution in [2.75, 3.05) is 52.7 Å². The molecule has 2 heterocycles. The van der Waals surface area contributed by atoms with Gasteiger partial charge in [0, 0.05) is 33.3 Å². The van der Waals surface area contributed by atoms with Crippen molar-refractivity contribution in [2.45, 2.75) is 50.4 Å². The van der Waals surface area contributed by atoms with Crippen molar-refractivity contribution < 1.29 is 13.2 Å². The maximum atomic E-state index is 12.8. The average Bonchev–Trinajstić information content (AvgIpc) is 3.36. The van der Waals surface area contributed by atoms with Crippen LogP contribution >= 0.6 is 0 Å². The van der Waals surface area contributed by atoms with Gasteiger partial charge in [-0.15, -0.1) is 0 Å². The molecule has 154 valence electrons. The molecule has 2 aliphatic rings. The molecule has 1 saturated carbocycles. The van der Waals surface area contributed by atoms with Crippen molar-refractivity contribution in [3.63, 3.8) is 0 Å². The van der Waals surface area contributed by atoms with Gasteiger partial charge in [0.15, 0.2) is 0 Å². The van der Waals surface area contributed by atoms with Gasteiger partial charge in [-0.3, -0.25) is 4.90 Å². The molecule has 0 radical (unpaired) electrons. The number of nitrogens with zero attached hydrogens (tertiary/aromatic N) is 4. The van der Waals surface area contributed by atoms with Crippen molar-refractivity contribution in [1.29, 1.82) is 0 Å². The van der Waals surface area contributed by atoms with Gasteiger partial charge < -0.3 is 14.2 Å². The van der Waals surface area contributed by atoms with Gasteiger partial charge in [-0.2, -0.15) is 0 Å². The highest BCUT2D eigenvalue weighted by Crippen LogP contribution is 2.32. The van der Waals surface area contributed by atoms with Crippen LogP contribution in [0.15, 0.2) is 11.4 Å². The lowest BCUT2D eigenvalue weighted by molar-refractivity contribution is 0.178. The summed E-state index contributed by atoms with van der Waals surface area (Å²) >= 11 is 0. The van der Waals surface area contributed by atoms with Crippen LogP contribution in [0.3, 0.4) is 0 Å². The van der Waals surface area contributed by atoms with E-state index in [0.717, 1.165) is 31.6 Å². The summed E-state index contributed by atoms with van der Waals surface area (Å²) in [6.45, 7) is 6.13. The molecular formula is C19H34N4O3S. The topological polar surface area (TPSA) is 67.7 Å². The Labute approximate surface area is 163 Å². The van der Waals surface area contributed by atoms with Gasteiger partial charge >= 0.3 is 0 Å². The predicted octanol–water partition coefficient (Wildman–Crippen LogP) is 1.63. The third-order valence-corrected chi connectivity index (χ3v) is 7.32. The zero-order valence-electron chi connectivity index (χ0n) is 16.8. The van der Waals surface area contributed by atoms with E-state index in [0.29, 0.717) is 25.6 Å². The fraction of sp³-hybridized carbons (Fsp3) is 0.842. The molecule has 8 heteroatoms. The lowest BCUT2D eigenvalue weighted by atomic mass is 10.1. The van der Waals surface area contributed by atoms with E-state index >= 15 is 0 Å². The van der Waals surface area contributed by atoms with Crippen molar-refractivity contribution in [3.8, 4) is 0 Å². The molecule has 2 fully saturated rings. The number of hydrogen-bond donors (Lipinski definition) is 0. The van der Waals surface area contributed by atoms with E-state index in [-0.39, 0.29) is 10.9 Å². The molecule has 0 atom stereocenters. The van der Waals surface area contributed by atoms with Gasteiger partial charge in [0.1, 0.15) is 0 Å². The molecule has 0 bridgehead atoms. The van der Waals surface area contributed by atoms with E-state index in [9.17, 15) is 8.42 Å². The van der Waals surface area contributed by atoms with E-state index in [2.05, 4.69) is 21.8 Å². The molecule has 0 spiro atoms. The number of methoxy groups -OCH3 is 1. The minimum Gasteiger partial charge on any atom is -0.383 e. The summed E-state index contributed by atoms with van der Waals surface area (Å²) in [5.74, 6) is 0.541. The summed E-state index contributed by atoms with van der Waals surface area (Å²) in [6, 6.07) is 0. The number of imidazole rings is 1. The fourth-order valence-electron chi connectivity index (χ4n) is 3.71. The zero-order chi connectivity index (χ0) is 19.3. The van der Waals surface area contributed by atoms with Crippen LogP contribution in [-0.4, -0.2) is 80.5 Å². The molecule has 1 aliphatic heterocycles. The minimum atomic E-state index is -3.33. The highest BCUT2D eigenvalue weighted by molar-refractivity contribution is 7.91. The van der Waals surface area contributed by atoms with Crippen LogP contribution in [0.5, 0.6) is 0 Å². The Morgan fingerprint density at radius 1 is 1.22 bits per heavy atom. The molecule has 7 nitrogen and oxygen atoms in total. The summed E-state index contributed by atoms with van der Waals surface area (Å²) in [7, 11) is 0.399. The second-order valence-electron chi connectivity index (χ2n) is 8.04. The monoisotopic (exact) mass is 398 g/mol. The third-order valence-electron chi connectivity index (χ3n) is 5.53. The second kappa shape index (κ2) is 9.49. The first-order valence-corrected chi connectivity index (χ1v) is 11.8. The summed E-state index contributed by atoms with van der Waals surface area (Å²) in [5.41, 5.74) is 0.947. The molecular weight excluding hydrogens is 364 g/mol. The first kappa shape index (κ1) is 20.8. The lowest BCUT2D eigenvalue weighted by Crippen LogP contribution is -2.36. The quantitative estimate of drug-likeness (QED) is 0.564. The molecule has 1 aliphatic carbocycles. The number of ether oxygens (including phenoxy) is 1. The Bertz CT molecular complexity index is 694. The van der Waals surface area contributed by atoms with E-state index in [1.54, 1.807) is 13.3 Å². The molecule has 0 N–H and O–H groups in total. The normalized spacial score (nSPS) is 19.1. The fourth-order valence-corrected chi connectivity index (χ4v) is 5.57. The number of sulfone groups is 1. The van der Waals surface area contributed by atoms with Crippen LogP contribution < -0.4 is 0 Å². The van der Waals surface area contributed by atoms with Gasteiger partial charge in [-0.25, -0.2) is 13.4 Å². The standard InChI is InChI=1S/C19H34N4O3S/c1-21(10-11-22-8-4-3-5-9-22)15-18-14-20-19(23(18)12-13-26-2)27(24,25)16-17-6-7-17/h14,17H,3-13,15-16H2,1-2H3. The maximum Gasteiger partial charge on any atom is 0.227 e. The van der Waals surface area contributed by atoms with Gasteiger partial charge in [0.25, 0.3) is 0 Å². The zero-order valence-corrected chi connectivity index (χ0v) is 17.6. The highest BCUT2D eigenvalue weighted by atomic mass is 32.2. The van der Waals surface area contributed by atoms with E-state index in [4.69, 9.17) is 4.74 Å². The van der Waals surface area contributed by atoms with Gasteiger partial charge in [0.2, 0.25) is 15.0 Å². The molecule has 3 rings (SSSR count). The number of likely N-dealkylation sites (tertiary alicyclic amines) is 1. The number of hydrogen-bond acceptors (Lipinski definition) is 6. The smallest absolute Gasteiger partial charge is 0.227 e. The van der Waals surface area contributed by atoms with Crippen molar-refractivity contribution >= 4 is 9.84 Å². The van der Waals surface area contributed by atoms with Crippen LogP contribution in [0.4, 0.5) is 0 Å². The van der Waals surface area contributed by atoms with Gasteiger partial charge in [0.05, 0.1) is 24.3 Å². The molecule has 0 amide bonds. The largest absolute Gasteiger partial charge is 0.383 e. The van der Waals surface area contributed by atoms with Crippen LogP contribution in [0.1, 0.15) is 37.8 Å². The Morgan fingerprint density at radius 2 is 1.96 bits per heavy atom. The van der Waals surface area contributed by atoms with Crippen molar-refractivity contribution in [3.05, 3.63) is 11.9 Å². The van der Waals surface area contributed by atoms with Crippen molar-refractivity contribution in [2.24, 2.45) is 5.92 Å². The molecule has 1 aromatic heterocycles. The molecule has 27 heavy (non-hydrogen) atoms. The van der Waals surface area contributed by atoms with E-state index < -0.39 is 9.84 Å². The van der Waals surface area contributed by atoms with Crippen LogP contribution in [0.2, 0.25) is 0 Å². The molecule has 0 unspecified atom stereocenters. The average molecular weight is 399 g/mol. The van der Waals surface area contributed by atoms with Crippen LogP contribution in [0.25, 0.3) is 0 Å². The lowest BCUT2D eigenvalue weighted by Gasteiger charge is -2.28. The molecule has 1 saturated heterocycles. The Morgan fingerprint density at radius 3 is 2.63 bits per heavy atom. The van der Waals surface area contributed by atoms with Gasteiger partial charge in [-0.05, 0) is 51.7 Å². The Kier molecular flexibility index (Phi) is 7.30. The number of piperidine rings is 1. The van der Waals surface area contributed by atoms with Crippen molar-refractivity contribution in [1.82, 2.24) is 19.4 Å². The second-order valence-corrected chi connectivity index (χ2v) is 9.97. The first-order valence-electron chi connectivity index (χ1n) is 10.2. The molecule has 0 aromatic carbocycles. The van der Waals surface area contributed by atoms with Gasteiger partial charge in [-0.1, -0.05) is 6.42 Å². The first-order chi connectivity index (χ1) is 13.0. The predicted molar refractivity (Wildman–Crippen MR) is 106 cm³/mol. The summed E-state index contributed by atoms with van der Waals surface area (Å²) < 4.78 is 32.6. The number of rotatable bonds is 11. The third kappa shape index (κ3) is 6.01. The molecule has 1 aromatic rings. The van der Waals surface area contributed by atoms with Crippen LogP contribution in [0, 0.1) is 5.92 Å². The Hall–Kier alpha value is -0.960. The maximum absolute atomic E-state index is 12.8. The van der Waals surface area contributed by atoms with E-state index in [1.165, 1.54) is 32.4 Å². The SMILES string of the molecule is COCCn1c(CN(C)CCN2CCCCC2)cnc1S(=O)(=O)CC1CC1. The van der Waals surface area contributed by atoms with Crippen LogP contribution in [-0.2, 0) is 27.7 Å². The summed E-state index contributed by atoms with van der Waals surface area (Å²) in [6.07, 6.45) is 7.72. The highest BCUT2D eigenvalue weighted by Gasteiger charge is 2.32. The number of likely N-dealkylation sites (N-methyl/N-ethyl adjacent to an activating group) is 1. The number of aromatic nitrogens is 2. The Balaban J connectivity index is 1.64. The summed E-state index contributed by atoms with van der Waals surface area (Å²) in [5, 5.41) is 0.214. The minimum absolute atomic E-state index is 0.214. The summed E-state index contributed by atoms with van der Waals surface area (Å²) in [4.78, 5) is 9.08. The van der Waals surface area contributed by atoms with E-state index in [1.807, 2.05) is 4.57 Å².